The van der Waals surface area contributed by atoms with Crippen LogP contribution in [0.1, 0.15) is 35.2 Å². The number of benzene rings is 9. The number of nitrogens with zero attached hydrogens (tertiary/aromatic N) is 3. The molecule has 6 heteroatoms. The first-order chi connectivity index (χ1) is 31.2. The molecule has 0 aliphatic carbocycles. The fourth-order valence-electron chi connectivity index (χ4n) is 8.47. The van der Waals surface area contributed by atoms with Gasteiger partial charge in [-0.3, -0.25) is 16.0 Å². The second-order valence-corrected chi connectivity index (χ2v) is 15.6. The van der Waals surface area contributed by atoms with Crippen molar-refractivity contribution in [3.63, 3.8) is 0 Å². The molecule has 0 aromatic heterocycles. The molecule has 0 amide bonds. The van der Waals surface area contributed by atoms with Crippen molar-refractivity contribution >= 4 is 51.2 Å². The third kappa shape index (κ3) is 8.73. The number of anilines is 9. The average Bonchev–Trinajstić information content (AvgIpc) is 3.37. The van der Waals surface area contributed by atoms with E-state index in [1.165, 1.54) is 0 Å². The Balaban J connectivity index is 0.985. The van der Waals surface area contributed by atoms with Crippen molar-refractivity contribution in [2.75, 3.05) is 14.7 Å². The molecular weight excluding hydrogens is 769 g/mol. The maximum absolute atomic E-state index is 3.92. The molecule has 3 N–H and O–H groups in total. The first kappa shape index (κ1) is 39.4. The van der Waals surface area contributed by atoms with E-state index in [4.69, 9.17) is 0 Å². The van der Waals surface area contributed by atoms with E-state index in [1.807, 2.05) is 0 Å². The van der Waals surface area contributed by atoms with Gasteiger partial charge in [-0.2, -0.15) is 0 Å². The fraction of sp³-hybridized carbons (Fsp3) is 0.0526. The second-order valence-electron chi connectivity index (χ2n) is 15.6. The van der Waals surface area contributed by atoms with Crippen LogP contribution in [-0.4, -0.2) is 0 Å². The standard InChI is InChI=1S/C57H48N6/c1-7-19-46(20-8-1)61(47-21-9-2-10-22-47)52-37-31-43(32-38-52)55-58-56(44-33-39-53(40-34-44)62(48-23-11-3-12-24-48)49-25-13-4-14-26-49)60-57(59-55)45-35-41-54(42-36-45)63(50-27-15-5-16-28-50)51-29-17-6-18-30-51/h1-42,55-60H. The maximum Gasteiger partial charge on any atom is 0.0864 e. The van der Waals surface area contributed by atoms with Crippen molar-refractivity contribution in [2.24, 2.45) is 0 Å². The molecular formula is C57H48N6. The summed E-state index contributed by atoms with van der Waals surface area (Å²) < 4.78 is 0. The van der Waals surface area contributed by atoms with Gasteiger partial charge in [0.15, 0.2) is 0 Å². The van der Waals surface area contributed by atoms with Gasteiger partial charge in [-0.1, -0.05) is 146 Å². The molecule has 0 bridgehead atoms. The van der Waals surface area contributed by atoms with Gasteiger partial charge in [0.05, 0.1) is 18.5 Å². The Morgan fingerprint density at radius 2 is 0.349 bits per heavy atom. The average molecular weight is 817 g/mol. The van der Waals surface area contributed by atoms with Gasteiger partial charge in [-0.05, 0) is 126 Å². The first-order valence-corrected chi connectivity index (χ1v) is 21.5. The molecule has 9 aromatic carbocycles. The van der Waals surface area contributed by atoms with E-state index in [9.17, 15) is 0 Å². The molecule has 0 unspecified atom stereocenters. The van der Waals surface area contributed by atoms with Crippen LogP contribution in [-0.2, 0) is 0 Å². The predicted octanol–water partition coefficient (Wildman–Crippen LogP) is 14.3. The van der Waals surface area contributed by atoms with Crippen LogP contribution in [0.3, 0.4) is 0 Å². The van der Waals surface area contributed by atoms with Crippen LogP contribution < -0.4 is 30.7 Å². The zero-order valence-corrected chi connectivity index (χ0v) is 34.8. The Morgan fingerprint density at radius 3 is 0.524 bits per heavy atom. The predicted molar refractivity (Wildman–Crippen MR) is 261 cm³/mol. The highest BCUT2D eigenvalue weighted by Gasteiger charge is 2.30. The van der Waals surface area contributed by atoms with Gasteiger partial charge >= 0.3 is 0 Å². The van der Waals surface area contributed by atoms with E-state index < -0.39 is 0 Å². The first-order valence-electron chi connectivity index (χ1n) is 21.5. The van der Waals surface area contributed by atoms with Gasteiger partial charge in [-0.25, -0.2) is 0 Å². The van der Waals surface area contributed by atoms with Crippen LogP contribution >= 0.6 is 0 Å². The van der Waals surface area contributed by atoms with Crippen molar-refractivity contribution in [1.29, 1.82) is 0 Å². The van der Waals surface area contributed by atoms with Crippen LogP contribution in [0.25, 0.3) is 0 Å². The lowest BCUT2D eigenvalue weighted by atomic mass is 10.0. The van der Waals surface area contributed by atoms with Gasteiger partial charge in [0.25, 0.3) is 0 Å². The van der Waals surface area contributed by atoms with Crippen molar-refractivity contribution in [1.82, 2.24) is 16.0 Å². The van der Waals surface area contributed by atoms with E-state index >= 15 is 0 Å². The largest absolute Gasteiger partial charge is 0.311 e. The number of hydrogen-bond acceptors (Lipinski definition) is 6. The summed E-state index contributed by atoms with van der Waals surface area (Å²) in [6, 6.07) is 90.0. The minimum atomic E-state index is -0.160. The molecule has 1 fully saturated rings. The third-order valence-electron chi connectivity index (χ3n) is 11.5. The van der Waals surface area contributed by atoms with Crippen LogP contribution in [0, 0.1) is 0 Å². The molecule has 0 atom stereocenters. The van der Waals surface area contributed by atoms with E-state index in [2.05, 4.69) is 285 Å². The Hall–Kier alpha value is -7.74. The Labute approximate surface area is 370 Å². The molecule has 1 saturated heterocycles. The second kappa shape index (κ2) is 18.5. The SMILES string of the molecule is c1ccc(N(c2ccccc2)c2ccc(C3NC(c4ccc(N(c5ccccc5)c5ccccc5)cc4)NC(c4ccc(N(c5ccccc5)c5ccccc5)cc4)N3)cc2)cc1. The van der Waals surface area contributed by atoms with E-state index in [0.29, 0.717) is 0 Å². The smallest absolute Gasteiger partial charge is 0.0864 e. The summed E-state index contributed by atoms with van der Waals surface area (Å²) in [5.74, 6) is 0. The summed E-state index contributed by atoms with van der Waals surface area (Å²) in [6.45, 7) is 0. The molecule has 10 rings (SSSR count). The molecule has 0 radical (unpaired) electrons. The Bertz CT molecular complexity index is 2350. The Morgan fingerprint density at radius 1 is 0.190 bits per heavy atom. The minimum absolute atomic E-state index is 0.160. The Kier molecular flexibility index (Phi) is 11.6. The lowest BCUT2D eigenvalue weighted by Gasteiger charge is -2.40. The minimum Gasteiger partial charge on any atom is -0.311 e. The molecule has 0 saturated carbocycles. The fourth-order valence-corrected chi connectivity index (χ4v) is 8.47. The van der Waals surface area contributed by atoms with Crippen molar-refractivity contribution in [3.05, 3.63) is 271 Å². The van der Waals surface area contributed by atoms with E-state index in [-0.39, 0.29) is 18.5 Å². The summed E-state index contributed by atoms with van der Waals surface area (Å²) in [5, 5.41) is 11.8. The van der Waals surface area contributed by atoms with Gasteiger partial charge in [0.1, 0.15) is 0 Å². The molecule has 6 nitrogen and oxygen atoms in total. The maximum atomic E-state index is 3.92. The van der Waals surface area contributed by atoms with E-state index in [1.54, 1.807) is 0 Å². The zero-order valence-electron chi connectivity index (χ0n) is 34.8. The monoisotopic (exact) mass is 816 g/mol. The molecule has 1 aliphatic rings. The summed E-state index contributed by atoms with van der Waals surface area (Å²) in [5.41, 5.74) is 13.3. The number of para-hydroxylation sites is 6. The number of hydrogen-bond donors (Lipinski definition) is 3. The van der Waals surface area contributed by atoms with Crippen LogP contribution in [0.4, 0.5) is 51.2 Å². The van der Waals surface area contributed by atoms with Gasteiger partial charge in [-0.15, -0.1) is 0 Å². The highest BCUT2D eigenvalue weighted by Crippen LogP contribution is 2.39. The summed E-state index contributed by atoms with van der Waals surface area (Å²) in [4.78, 5) is 6.89. The van der Waals surface area contributed by atoms with Crippen LogP contribution in [0.2, 0.25) is 0 Å². The van der Waals surface area contributed by atoms with Crippen molar-refractivity contribution in [2.45, 2.75) is 18.5 Å². The molecule has 63 heavy (non-hydrogen) atoms. The van der Waals surface area contributed by atoms with E-state index in [0.717, 1.165) is 67.9 Å². The molecule has 306 valence electrons. The quantitative estimate of drug-likeness (QED) is 0.114. The highest BCUT2D eigenvalue weighted by atomic mass is 15.4. The molecule has 1 aliphatic heterocycles. The molecule has 9 aromatic rings. The number of nitrogens with one attached hydrogen (secondary N) is 3. The third-order valence-corrected chi connectivity index (χ3v) is 11.5. The summed E-state index contributed by atoms with van der Waals surface area (Å²) >= 11 is 0. The van der Waals surface area contributed by atoms with Gasteiger partial charge in [0.2, 0.25) is 0 Å². The molecule has 1 heterocycles. The molecule has 0 spiro atoms. The van der Waals surface area contributed by atoms with Gasteiger partial charge in [0, 0.05) is 51.2 Å². The highest BCUT2D eigenvalue weighted by molar-refractivity contribution is 5.78. The topological polar surface area (TPSA) is 45.8 Å². The lowest BCUT2D eigenvalue weighted by Crippen LogP contribution is -2.54. The summed E-state index contributed by atoms with van der Waals surface area (Å²) in [7, 11) is 0. The van der Waals surface area contributed by atoms with Gasteiger partial charge < -0.3 is 14.7 Å². The van der Waals surface area contributed by atoms with Crippen LogP contribution in [0.15, 0.2) is 255 Å². The van der Waals surface area contributed by atoms with Crippen molar-refractivity contribution in [3.8, 4) is 0 Å². The lowest BCUT2D eigenvalue weighted by molar-refractivity contribution is 0.203. The normalized spacial score (nSPS) is 15.9. The van der Waals surface area contributed by atoms with Crippen molar-refractivity contribution < 1.29 is 0 Å². The zero-order chi connectivity index (χ0) is 42.2. The number of rotatable bonds is 12. The summed E-state index contributed by atoms with van der Waals surface area (Å²) in [6.07, 6.45) is -0.481. The van der Waals surface area contributed by atoms with Crippen LogP contribution in [0.5, 0.6) is 0 Å².